The van der Waals surface area contributed by atoms with E-state index in [4.69, 9.17) is 19.3 Å². The maximum Gasteiger partial charge on any atom is 0.0724 e. The van der Waals surface area contributed by atoms with Gasteiger partial charge in [-0.1, -0.05) is 110 Å². The summed E-state index contributed by atoms with van der Waals surface area (Å²) in [6.45, 7) is 5.76. The average Bonchev–Trinajstić information content (AvgIpc) is 2.63. The molecule has 0 aromatic heterocycles. The van der Waals surface area contributed by atoms with E-state index >= 15 is 0 Å². The summed E-state index contributed by atoms with van der Waals surface area (Å²) in [5, 5.41) is 3.18. The Labute approximate surface area is 198 Å². The van der Waals surface area contributed by atoms with Gasteiger partial charge in [0.25, 0.3) is 0 Å². The van der Waals surface area contributed by atoms with E-state index < -0.39 is 0 Å². The Morgan fingerprint density at radius 2 is 1.28 bits per heavy atom. The third-order valence-electron chi connectivity index (χ3n) is 1.16. The van der Waals surface area contributed by atoms with E-state index in [0.717, 1.165) is 28.8 Å². The molecule has 5 heteroatoms. The van der Waals surface area contributed by atoms with Crippen LogP contribution in [-0.2, 0) is 0 Å². The van der Waals surface area contributed by atoms with Crippen LogP contribution in [0.4, 0.5) is 0 Å². The molecule has 1 unspecified atom stereocenters. The van der Waals surface area contributed by atoms with Gasteiger partial charge in [-0.05, 0) is 13.8 Å². The molecule has 0 aromatic rings. The fourth-order valence-corrected chi connectivity index (χ4v) is 1.00. The van der Waals surface area contributed by atoms with Crippen LogP contribution in [0.25, 0.3) is 0 Å². The van der Waals surface area contributed by atoms with E-state index in [2.05, 4.69) is 121 Å². The SMILES string of the molecule is C#CC(C)Br.C#CCBr.C#CCCBr.CC#CCBr.CCC#CCBr. The molecule has 0 heterocycles. The molecule has 0 nitrogen and oxygen atoms in total. The predicted molar refractivity (Wildman–Crippen MR) is 136 cm³/mol. The fraction of sp³-hybridized carbons (Fsp3) is 0.500. The molecule has 0 radical (unpaired) electrons. The zero-order valence-corrected chi connectivity index (χ0v) is 22.9. The highest BCUT2D eigenvalue weighted by molar-refractivity contribution is 9.10. The summed E-state index contributed by atoms with van der Waals surface area (Å²) >= 11 is 15.6. The van der Waals surface area contributed by atoms with Crippen LogP contribution in [0, 0.1) is 60.7 Å². The third kappa shape index (κ3) is 115. The first-order chi connectivity index (χ1) is 11.9. The summed E-state index contributed by atoms with van der Waals surface area (Å²) in [6.07, 6.45) is 16.3. The van der Waals surface area contributed by atoms with Crippen LogP contribution >= 0.6 is 79.6 Å². The Bertz CT molecular complexity index is 445. The van der Waals surface area contributed by atoms with E-state index in [1.807, 2.05) is 20.8 Å². The molecule has 0 amide bonds. The number of hydrogen-bond acceptors (Lipinski definition) is 0. The molecule has 1 atom stereocenters. The van der Waals surface area contributed by atoms with Crippen LogP contribution in [-0.4, -0.2) is 26.1 Å². The second kappa shape index (κ2) is 49.6. The van der Waals surface area contributed by atoms with Crippen LogP contribution in [0.5, 0.6) is 0 Å². The predicted octanol–water partition coefficient (Wildman–Crippen LogP) is 7.02. The molecule has 0 aliphatic carbocycles. The highest BCUT2D eigenvalue weighted by Crippen LogP contribution is 1.90. The molecular formula is C20H25Br5. The van der Waals surface area contributed by atoms with Crippen molar-refractivity contribution in [1.82, 2.24) is 0 Å². The minimum atomic E-state index is 0.225. The van der Waals surface area contributed by atoms with Gasteiger partial charge in [0, 0.05) is 18.2 Å². The highest BCUT2D eigenvalue weighted by atomic mass is 79.9. The van der Waals surface area contributed by atoms with E-state index in [1.54, 1.807) is 0 Å². The summed E-state index contributed by atoms with van der Waals surface area (Å²) < 4.78 is 0. The summed E-state index contributed by atoms with van der Waals surface area (Å²) in [6, 6.07) is 0. The number of hydrogen-bond donors (Lipinski definition) is 0. The standard InChI is InChI=1S/C5H7Br.3C4H5Br.C3H3Br/c1-2-3-4-5-6;1-3-4(2)5;2*1-2-3-4-5;1-2-3-4/h2,5H2,1H3;1,4H,2H3;4H2,1H3;1H,3-4H2;1H,3H2. The fourth-order valence-electron chi connectivity index (χ4n) is 0.294. The van der Waals surface area contributed by atoms with Gasteiger partial charge in [-0.25, -0.2) is 0 Å². The second-order valence-electron chi connectivity index (χ2n) is 3.16. The van der Waals surface area contributed by atoms with E-state index in [9.17, 15) is 0 Å². The van der Waals surface area contributed by atoms with E-state index in [-0.39, 0.29) is 4.83 Å². The molecule has 140 valence electrons. The zero-order valence-electron chi connectivity index (χ0n) is 14.9. The number of terminal acetylenes is 3. The van der Waals surface area contributed by atoms with Crippen molar-refractivity contribution in [3.8, 4) is 60.7 Å². The maximum absolute atomic E-state index is 4.87. The van der Waals surface area contributed by atoms with Gasteiger partial charge in [-0.2, -0.15) is 0 Å². The van der Waals surface area contributed by atoms with Crippen molar-refractivity contribution in [1.29, 1.82) is 0 Å². The first-order valence-corrected chi connectivity index (χ1v) is 12.4. The topological polar surface area (TPSA) is 0 Å². The van der Waals surface area contributed by atoms with E-state index in [1.165, 1.54) is 0 Å². The molecule has 0 aliphatic rings. The Morgan fingerprint density at radius 1 is 0.840 bits per heavy atom. The Balaban J connectivity index is -0.0000000671. The van der Waals surface area contributed by atoms with Crippen LogP contribution in [0.2, 0.25) is 0 Å². The molecular weight excluding hydrogens is 640 g/mol. The Hall–Kier alpha value is 0.200. The number of rotatable bonds is 1. The normalized spacial score (nSPS) is 7.24. The van der Waals surface area contributed by atoms with Gasteiger partial charge in [0.05, 0.1) is 20.8 Å². The molecule has 0 saturated carbocycles. The molecule has 0 aromatic carbocycles. The largest absolute Gasteiger partial charge is 0.120 e. The Kier molecular flexibility index (Phi) is 71.8. The van der Waals surface area contributed by atoms with Crippen LogP contribution in [0.1, 0.15) is 33.6 Å². The maximum atomic E-state index is 4.87. The molecule has 0 aliphatic heterocycles. The molecule has 0 spiro atoms. The lowest BCUT2D eigenvalue weighted by Gasteiger charge is -1.77. The van der Waals surface area contributed by atoms with Gasteiger partial charge in [-0.15, -0.1) is 37.0 Å². The monoisotopic (exact) mass is 660 g/mol. The molecule has 0 rings (SSSR count). The third-order valence-corrected chi connectivity index (χ3v) is 2.70. The van der Waals surface area contributed by atoms with E-state index in [0.29, 0.717) is 5.33 Å². The summed E-state index contributed by atoms with van der Waals surface area (Å²) in [5.74, 6) is 18.5. The Morgan fingerprint density at radius 3 is 1.32 bits per heavy atom. The lowest BCUT2D eigenvalue weighted by Crippen LogP contribution is -1.75. The van der Waals surface area contributed by atoms with Crippen molar-refractivity contribution in [2.45, 2.75) is 38.4 Å². The van der Waals surface area contributed by atoms with Gasteiger partial charge in [-0.3, -0.25) is 0 Å². The van der Waals surface area contributed by atoms with Crippen LogP contribution < -0.4 is 0 Å². The smallest absolute Gasteiger partial charge is 0.0724 e. The highest BCUT2D eigenvalue weighted by Gasteiger charge is 1.77. The lowest BCUT2D eigenvalue weighted by atomic mass is 10.5. The van der Waals surface area contributed by atoms with Gasteiger partial charge in [0.1, 0.15) is 0 Å². The molecule has 0 fully saturated rings. The minimum absolute atomic E-state index is 0.225. The van der Waals surface area contributed by atoms with Crippen molar-refractivity contribution < 1.29 is 0 Å². The molecule has 0 saturated heterocycles. The van der Waals surface area contributed by atoms with Gasteiger partial charge in [0.2, 0.25) is 0 Å². The minimum Gasteiger partial charge on any atom is -0.120 e. The van der Waals surface area contributed by atoms with Crippen LogP contribution in [0.3, 0.4) is 0 Å². The van der Waals surface area contributed by atoms with Gasteiger partial charge >= 0.3 is 0 Å². The molecule has 25 heavy (non-hydrogen) atoms. The van der Waals surface area contributed by atoms with Gasteiger partial charge in [0.15, 0.2) is 0 Å². The van der Waals surface area contributed by atoms with Crippen molar-refractivity contribution in [3.05, 3.63) is 0 Å². The summed E-state index contributed by atoms with van der Waals surface area (Å²) in [7, 11) is 0. The average molecular weight is 665 g/mol. The van der Waals surface area contributed by atoms with Crippen molar-refractivity contribution in [2.75, 3.05) is 21.3 Å². The quantitative estimate of drug-likeness (QED) is 0.209. The first-order valence-electron chi connectivity index (χ1n) is 6.99. The molecule has 0 N–H and O–H groups in total. The zero-order chi connectivity index (χ0) is 20.8. The van der Waals surface area contributed by atoms with Gasteiger partial charge < -0.3 is 0 Å². The molecule has 0 bridgehead atoms. The van der Waals surface area contributed by atoms with Crippen molar-refractivity contribution in [2.24, 2.45) is 0 Å². The number of alkyl halides is 5. The summed E-state index contributed by atoms with van der Waals surface area (Å²) in [4.78, 5) is 0.225. The number of halogens is 5. The second-order valence-corrected chi connectivity index (χ2v) is 7.01. The summed E-state index contributed by atoms with van der Waals surface area (Å²) in [5.41, 5.74) is 0. The van der Waals surface area contributed by atoms with Crippen molar-refractivity contribution in [3.63, 3.8) is 0 Å². The first kappa shape index (κ1) is 36.2. The van der Waals surface area contributed by atoms with Crippen molar-refractivity contribution >= 4 is 79.6 Å². The lowest BCUT2D eigenvalue weighted by molar-refractivity contribution is 1.28. The van der Waals surface area contributed by atoms with Crippen LogP contribution in [0.15, 0.2) is 0 Å².